The molecule has 3 aromatic rings. The summed E-state index contributed by atoms with van der Waals surface area (Å²) in [5.74, 6) is 1.15. The number of aryl methyl sites for hydroxylation is 1. The zero-order valence-corrected chi connectivity index (χ0v) is 17.3. The van der Waals surface area contributed by atoms with Crippen molar-refractivity contribution in [1.29, 1.82) is 0 Å². The minimum atomic E-state index is -0.280. The van der Waals surface area contributed by atoms with Crippen molar-refractivity contribution in [2.24, 2.45) is 5.92 Å². The molecule has 8 heteroatoms. The van der Waals surface area contributed by atoms with Crippen LogP contribution in [0.5, 0.6) is 0 Å². The van der Waals surface area contributed by atoms with Gasteiger partial charge in [0.15, 0.2) is 5.65 Å². The maximum Gasteiger partial charge on any atom is 0.263 e. The van der Waals surface area contributed by atoms with Gasteiger partial charge in [-0.15, -0.1) is 5.10 Å². The molecule has 3 aromatic heterocycles. The van der Waals surface area contributed by atoms with E-state index in [2.05, 4.69) is 20.3 Å². The molecule has 1 atom stereocenters. The number of aromatic nitrogens is 4. The molecule has 0 spiro atoms. The summed E-state index contributed by atoms with van der Waals surface area (Å²) in [4.78, 5) is 32.3. The van der Waals surface area contributed by atoms with Crippen molar-refractivity contribution >= 4 is 17.4 Å². The van der Waals surface area contributed by atoms with E-state index in [9.17, 15) is 9.59 Å². The molecule has 1 amide bonds. The Morgan fingerprint density at radius 3 is 2.87 bits per heavy atom. The first-order valence-electron chi connectivity index (χ1n) is 10.6. The minimum absolute atomic E-state index is 0.0179. The highest BCUT2D eigenvalue weighted by molar-refractivity contribution is 5.94. The Kier molecular flexibility index (Phi) is 4.56. The Labute approximate surface area is 174 Å². The van der Waals surface area contributed by atoms with Gasteiger partial charge in [0.1, 0.15) is 11.4 Å². The van der Waals surface area contributed by atoms with E-state index in [0.29, 0.717) is 19.0 Å². The fraction of sp³-hybridized carbons (Fsp3) is 0.455. The quantitative estimate of drug-likeness (QED) is 0.700. The summed E-state index contributed by atoms with van der Waals surface area (Å²) in [6, 6.07) is 5.60. The van der Waals surface area contributed by atoms with Gasteiger partial charge in [-0.25, -0.2) is 9.50 Å². The highest BCUT2D eigenvalue weighted by Gasteiger charge is 2.28. The topological polar surface area (TPSA) is 84.5 Å². The molecular weight excluding hydrogens is 380 g/mol. The molecule has 4 heterocycles. The zero-order chi connectivity index (χ0) is 20.8. The molecule has 8 nitrogen and oxygen atoms in total. The van der Waals surface area contributed by atoms with E-state index >= 15 is 0 Å². The van der Waals surface area contributed by atoms with Crippen molar-refractivity contribution in [3.63, 3.8) is 0 Å². The van der Waals surface area contributed by atoms with Crippen LogP contribution in [0.2, 0.25) is 0 Å². The summed E-state index contributed by atoms with van der Waals surface area (Å²) in [6.45, 7) is 6.10. The van der Waals surface area contributed by atoms with Gasteiger partial charge in [0, 0.05) is 43.8 Å². The molecule has 1 aliphatic carbocycles. The summed E-state index contributed by atoms with van der Waals surface area (Å²) in [7, 11) is 0. The summed E-state index contributed by atoms with van der Waals surface area (Å²) in [5.41, 5.74) is 2.81. The van der Waals surface area contributed by atoms with Gasteiger partial charge >= 0.3 is 0 Å². The number of pyridine rings is 1. The average molecular weight is 406 g/mol. The van der Waals surface area contributed by atoms with Crippen LogP contribution in [-0.4, -0.2) is 44.2 Å². The number of fused-ring (bicyclic) bond motifs is 1. The van der Waals surface area contributed by atoms with Crippen LogP contribution in [0.25, 0.3) is 5.65 Å². The van der Waals surface area contributed by atoms with Crippen molar-refractivity contribution in [2.75, 3.05) is 18.0 Å². The lowest BCUT2D eigenvalue weighted by molar-refractivity contribution is 0.0938. The first-order valence-corrected chi connectivity index (χ1v) is 10.6. The van der Waals surface area contributed by atoms with E-state index in [4.69, 9.17) is 0 Å². The molecule has 2 fully saturated rings. The maximum atomic E-state index is 13.0. The number of nitrogens with one attached hydrogen (secondary N) is 1. The summed E-state index contributed by atoms with van der Waals surface area (Å²) >= 11 is 0. The van der Waals surface area contributed by atoms with Crippen molar-refractivity contribution in [3.8, 4) is 0 Å². The van der Waals surface area contributed by atoms with E-state index in [1.54, 1.807) is 21.3 Å². The van der Waals surface area contributed by atoms with Gasteiger partial charge in [0.25, 0.3) is 11.5 Å². The SMILES string of the molecule is Cc1cc(C(=O)N[C@H]2CCN(c3ccc4nccn4n3)C2)c(=O)n(CC2CC2)c1C. The average Bonchev–Trinajstić information content (AvgIpc) is 3.23. The zero-order valence-electron chi connectivity index (χ0n) is 17.3. The lowest BCUT2D eigenvalue weighted by Crippen LogP contribution is -2.41. The first kappa shape index (κ1) is 18.8. The van der Waals surface area contributed by atoms with Crippen LogP contribution in [0.1, 0.15) is 40.9 Å². The number of carbonyl (C=O) groups is 1. The van der Waals surface area contributed by atoms with E-state index < -0.39 is 0 Å². The van der Waals surface area contributed by atoms with Gasteiger partial charge in [-0.3, -0.25) is 9.59 Å². The number of amides is 1. The standard InChI is InChI=1S/C22H26N6O2/c1-14-11-18(22(30)27(15(14)2)12-16-3-4-16)21(29)24-17-7-9-26(13-17)20-6-5-19-23-8-10-28(19)25-20/h5-6,8,10-11,16-17H,3-4,7,9,12-13H2,1-2H3,(H,24,29)/t17-/m0/s1. The molecule has 0 radical (unpaired) electrons. The number of hydrogen-bond acceptors (Lipinski definition) is 5. The Morgan fingerprint density at radius 2 is 2.07 bits per heavy atom. The van der Waals surface area contributed by atoms with Crippen LogP contribution in [0, 0.1) is 19.8 Å². The molecule has 1 saturated heterocycles. The highest BCUT2D eigenvalue weighted by atomic mass is 16.2. The number of nitrogens with zero attached hydrogens (tertiary/aromatic N) is 5. The number of carbonyl (C=O) groups excluding carboxylic acids is 1. The highest BCUT2D eigenvalue weighted by Crippen LogP contribution is 2.30. The van der Waals surface area contributed by atoms with Crippen LogP contribution in [0.3, 0.4) is 0 Å². The van der Waals surface area contributed by atoms with Gasteiger partial charge in [0.05, 0.1) is 0 Å². The van der Waals surface area contributed by atoms with Crippen molar-refractivity contribution in [3.05, 3.63) is 57.8 Å². The second-order valence-corrected chi connectivity index (χ2v) is 8.51. The smallest absolute Gasteiger partial charge is 0.263 e. The van der Waals surface area contributed by atoms with Crippen LogP contribution < -0.4 is 15.8 Å². The van der Waals surface area contributed by atoms with Gasteiger partial charge in [-0.2, -0.15) is 0 Å². The summed E-state index contributed by atoms with van der Waals surface area (Å²) < 4.78 is 3.53. The predicted octanol–water partition coefficient (Wildman–Crippen LogP) is 1.93. The van der Waals surface area contributed by atoms with Gasteiger partial charge in [0.2, 0.25) is 0 Å². The Morgan fingerprint density at radius 1 is 1.23 bits per heavy atom. The van der Waals surface area contributed by atoms with Crippen LogP contribution in [0.4, 0.5) is 5.82 Å². The second kappa shape index (κ2) is 7.27. The largest absolute Gasteiger partial charge is 0.353 e. The molecule has 0 unspecified atom stereocenters. The maximum absolute atomic E-state index is 13.0. The second-order valence-electron chi connectivity index (χ2n) is 8.51. The number of rotatable bonds is 5. The molecule has 0 bridgehead atoms. The molecule has 1 aliphatic heterocycles. The molecular formula is C22H26N6O2. The number of hydrogen-bond donors (Lipinski definition) is 1. The molecule has 1 N–H and O–H groups in total. The molecule has 2 aliphatic rings. The first-order chi connectivity index (χ1) is 14.5. The molecule has 0 aromatic carbocycles. The Bertz CT molecular complexity index is 1180. The Hall–Kier alpha value is -3.16. The summed E-state index contributed by atoms with van der Waals surface area (Å²) in [5, 5.41) is 7.65. The van der Waals surface area contributed by atoms with Crippen LogP contribution in [0.15, 0.2) is 35.4 Å². The van der Waals surface area contributed by atoms with E-state index in [1.807, 2.05) is 32.2 Å². The van der Waals surface area contributed by atoms with Crippen molar-refractivity contribution in [2.45, 2.75) is 45.7 Å². The molecule has 30 heavy (non-hydrogen) atoms. The van der Waals surface area contributed by atoms with E-state index in [0.717, 1.165) is 48.5 Å². The predicted molar refractivity (Wildman–Crippen MR) is 114 cm³/mol. The lowest BCUT2D eigenvalue weighted by atomic mass is 10.1. The van der Waals surface area contributed by atoms with E-state index in [-0.39, 0.29) is 23.1 Å². The monoisotopic (exact) mass is 406 g/mol. The minimum Gasteiger partial charge on any atom is -0.353 e. The normalized spacial score (nSPS) is 18.9. The van der Waals surface area contributed by atoms with Crippen LogP contribution in [-0.2, 0) is 6.54 Å². The van der Waals surface area contributed by atoms with Gasteiger partial charge < -0.3 is 14.8 Å². The summed E-state index contributed by atoms with van der Waals surface area (Å²) in [6.07, 6.45) is 6.69. The fourth-order valence-corrected chi connectivity index (χ4v) is 4.16. The third-order valence-electron chi connectivity index (χ3n) is 6.28. The van der Waals surface area contributed by atoms with Crippen LogP contribution >= 0.6 is 0 Å². The molecule has 5 rings (SSSR count). The molecule has 1 saturated carbocycles. The number of anilines is 1. The number of imidazole rings is 1. The molecule has 156 valence electrons. The van der Waals surface area contributed by atoms with E-state index in [1.165, 1.54) is 0 Å². The fourth-order valence-electron chi connectivity index (χ4n) is 4.16. The van der Waals surface area contributed by atoms with Gasteiger partial charge in [-0.05, 0) is 62.8 Å². The third-order valence-corrected chi connectivity index (χ3v) is 6.28. The van der Waals surface area contributed by atoms with Gasteiger partial charge in [-0.1, -0.05) is 0 Å². The van der Waals surface area contributed by atoms with Crippen molar-refractivity contribution < 1.29 is 4.79 Å². The lowest BCUT2D eigenvalue weighted by Gasteiger charge is -2.18. The Balaban J connectivity index is 1.31. The van der Waals surface area contributed by atoms with Crippen molar-refractivity contribution in [1.82, 2.24) is 24.5 Å². The third kappa shape index (κ3) is 3.46.